The number of benzene rings is 3. The summed E-state index contributed by atoms with van der Waals surface area (Å²) in [4.78, 5) is 12.4. The Kier molecular flexibility index (Phi) is 5.43. The van der Waals surface area contributed by atoms with Crippen LogP contribution in [0.4, 0.5) is 0 Å². The molecule has 3 aromatic carbocycles. The highest BCUT2D eigenvalue weighted by atomic mass is 16.3. The van der Waals surface area contributed by atoms with Crippen LogP contribution in [-0.4, -0.2) is 17.6 Å². The molecular weight excluding hydrogens is 334 g/mol. The van der Waals surface area contributed by atoms with Gasteiger partial charge in [0.25, 0.3) is 5.91 Å². The number of aliphatic hydroxyl groups is 1. The molecular formula is C24H25NO2. The molecule has 0 aliphatic rings. The molecule has 0 heterocycles. The molecule has 0 saturated heterocycles. The molecule has 2 N–H and O–H groups in total. The van der Waals surface area contributed by atoms with E-state index in [9.17, 15) is 9.90 Å². The Labute approximate surface area is 160 Å². The van der Waals surface area contributed by atoms with E-state index in [1.165, 1.54) is 0 Å². The molecule has 138 valence electrons. The normalized spacial score (nSPS) is 13.0. The van der Waals surface area contributed by atoms with Crippen LogP contribution in [0.3, 0.4) is 0 Å². The van der Waals surface area contributed by atoms with Crippen molar-refractivity contribution < 1.29 is 9.90 Å². The van der Waals surface area contributed by atoms with Gasteiger partial charge in [-0.25, -0.2) is 0 Å². The van der Waals surface area contributed by atoms with Crippen LogP contribution in [0.15, 0.2) is 72.8 Å². The molecule has 3 nitrogen and oxygen atoms in total. The van der Waals surface area contributed by atoms with Crippen LogP contribution in [0.25, 0.3) is 11.1 Å². The van der Waals surface area contributed by atoms with Gasteiger partial charge in [-0.15, -0.1) is 0 Å². The molecule has 3 heteroatoms. The minimum atomic E-state index is -1.15. The molecule has 3 aromatic rings. The fourth-order valence-electron chi connectivity index (χ4n) is 2.99. The summed E-state index contributed by atoms with van der Waals surface area (Å²) in [7, 11) is 0. The molecule has 1 unspecified atom stereocenters. The summed E-state index contributed by atoms with van der Waals surface area (Å²) < 4.78 is 0. The first-order chi connectivity index (χ1) is 12.9. The lowest BCUT2D eigenvalue weighted by Gasteiger charge is -2.24. The third-order valence-electron chi connectivity index (χ3n) is 4.98. The SMILES string of the molecule is Cc1ccc(C(=O)NCC(C)(O)c2ccc(-c3ccccc3)cc2)cc1C. The number of carbonyl (C=O) groups is 1. The molecule has 0 bridgehead atoms. The van der Waals surface area contributed by atoms with Gasteiger partial charge in [0.15, 0.2) is 0 Å². The fraction of sp³-hybridized carbons (Fsp3) is 0.208. The average molecular weight is 359 g/mol. The maximum absolute atomic E-state index is 12.4. The van der Waals surface area contributed by atoms with E-state index >= 15 is 0 Å². The second-order valence-corrected chi connectivity index (χ2v) is 7.20. The van der Waals surface area contributed by atoms with Crippen molar-refractivity contribution in [3.8, 4) is 11.1 Å². The minimum Gasteiger partial charge on any atom is -0.384 e. The number of nitrogens with one attached hydrogen (secondary N) is 1. The van der Waals surface area contributed by atoms with Gasteiger partial charge < -0.3 is 10.4 Å². The van der Waals surface area contributed by atoms with Crippen LogP contribution in [0.5, 0.6) is 0 Å². The molecule has 0 fully saturated rings. The van der Waals surface area contributed by atoms with Crippen LogP contribution in [-0.2, 0) is 5.60 Å². The summed E-state index contributed by atoms with van der Waals surface area (Å²) in [6, 6.07) is 23.5. The average Bonchev–Trinajstić information content (AvgIpc) is 2.69. The fourth-order valence-corrected chi connectivity index (χ4v) is 2.99. The number of amides is 1. The second kappa shape index (κ2) is 7.77. The molecule has 0 aromatic heterocycles. The van der Waals surface area contributed by atoms with Crippen molar-refractivity contribution in [1.82, 2.24) is 5.32 Å². The number of rotatable bonds is 5. The van der Waals surface area contributed by atoms with Crippen LogP contribution < -0.4 is 5.32 Å². The standard InChI is InChI=1S/C24H25NO2/c1-17-9-10-21(15-18(17)2)23(26)25-16-24(3,27)22-13-11-20(12-14-22)19-7-5-4-6-8-19/h4-15,27H,16H2,1-3H3,(H,25,26). The van der Waals surface area contributed by atoms with E-state index in [2.05, 4.69) is 17.4 Å². The van der Waals surface area contributed by atoms with E-state index in [1.54, 1.807) is 13.0 Å². The zero-order valence-corrected chi connectivity index (χ0v) is 16.0. The summed E-state index contributed by atoms with van der Waals surface area (Å²) in [5, 5.41) is 13.7. The van der Waals surface area contributed by atoms with E-state index < -0.39 is 5.60 Å². The van der Waals surface area contributed by atoms with Crippen molar-refractivity contribution in [3.63, 3.8) is 0 Å². The molecule has 1 amide bonds. The molecule has 27 heavy (non-hydrogen) atoms. The highest BCUT2D eigenvalue weighted by molar-refractivity contribution is 5.94. The second-order valence-electron chi connectivity index (χ2n) is 7.20. The van der Waals surface area contributed by atoms with Crippen molar-refractivity contribution in [2.45, 2.75) is 26.4 Å². The zero-order valence-electron chi connectivity index (χ0n) is 16.0. The summed E-state index contributed by atoms with van der Waals surface area (Å²) in [5.41, 5.74) is 4.67. The molecule has 0 radical (unpaired) electrons. The lowest BCUT2D eigenvalue weighted by atomic mass is 9.93. The monoisotopic (exact) mass is 359 g/mol. The smallest absolute Gasteiger partial charge is 0.251 e. The Bertz CT molecular complexity index is 928. The summed E-state index contributed by atoms with van der Waals surface area (Å²) >= 11 is 0. The van der Waals surface area contributed by atoms with Gasteiger partial charge in [-0.1, -0.05) is 60.7 Å². The van der Waals surface area contributed by atoms with E-state index in [4.69, 9.17) is 0 Å². The van der Waals surface area contributed by atoms with Crippen molar-refractivity contribution in [1.29, 1.82) is 0 Å². The third kappa shape index (κ3) is 4.44. The van der Waals surface area contributed by atoms with Gasteiger partial charge in [0.2, 0.25) is 0 Å². The third-order valence-corrected chi connectivity index (χ3v) is 4.98. The first kappa shape index (κ1) is 18.9. The zero-order chi connectivity index (χ0) is 19.4. The van der Waals surface area contributed by atoms with Crippen molar-refractivity contribution in [2.75, 3.05) is 6.54 Å². The van der Waals surface area contributed by atoms with Gasteiger partial charge in [-0.05, 0) is 60.7 Å². The number of hydrogen-bond donors (Lipinski definition) is 2. The van der Waals surface area contributed by atoms with E-state index in [0.29, 0.717) is 5.56 Å². The van der Waals surface area contributed by atoms with Crippen LogP contribution >= 0.6 is 0 Å². The highest BCUT2D eigenvalue weighted by Gasteiger charge is 2.24. The Balaban J connectivity index is 1.69. The van der Waals surface area contributed by atoms with Crippen molar-refractivity contribution in [2.24, 2.45) is 0 Å². The number of hydrogen-bond acceptors (Lipinski definition) is 2. The molecule has 0 aliphatic carbocycles. The van der Waals surface area contributed by atoms with Crippen LogP contribution in [0, 0.1) is 13.8 Å². The predicted octanol–water partition coefficient (Wildman–Crippen LogP) is 4.61. The Morgan fingerprint density at radius 1 is 0.889 bits per heavy atom. The molecule has 3 rings (SSSR count). The number of carbonyl (C=O) groups excluding carboxylic acids is 1. The largest absolute Gasteiger partial charge is 0.384 e. The first-order valence-electron chi connectivity index (χ1n) is 9.10. The Morgan fingerprint density at radius 3 is 2.15 bits per heavy atom. The van der Waals surface area contributed by atoms with Gasteiger partial charge in [0.05, 0.1) is 6.54 Å². The maximum Gasteiger partial charge on any atom is 0.251 e. The summed E-state index contributed by atoms with van der Waals surface area (Å²) in [6.07, 6.45) is 0. The van der Waals surface area contributed by atoms with E-state index in [-0.39, 0.29) is 12.5 Å². The van der Waals surface area contributed by atoms with Gasteiger partial charge in [0.1, 0.15) is 5.60 Å². The lowest BCUT2D eigenvalue weighted by molar-refractivity contribution is 0.0526. The molecule has 0 aliphatic heterocycles. The van der Waals surface area contributed by atoms with Gasteiger partial charge in [0, 0.05) is 5.56 Å². The van der Waals surface area contributed by atoms with Crippen molar-refractivity contribution >= 4 is 5.91 Å². The Hall–Kier alpha value is -2.91. The molecule has 1 atom stereocenters. The highest BCUT2D eigenvalue weighted by Crippen LogP contribution is 2.25. The predicted molar refractivity (Wildman–Crippen MR) is 110 cm³/mol. The van der Waals surface area contributed by atoms with E-state index in [1.807, 2.05) is 68.4 Å². The van der Waals surface area contributed by atoms with Crippen molar-refractivity contribution in [3.05, 3.63) is 95.1 Å². The molecule has 0 saturated carbocycles. The van der Waals surface area contributed by atoms with Crippen LogP contribution in [0.2, 0.25) is 0 Å². The minimum absolute atomic E-state index is 0.142. The van der Waals surface area contributed by atoms with Gasteiger partial charge in [-0.2, -0.15) is 0 Å². The van der Waals surface area contributed by atoms with E-state index in [0.717, 1.165) is 27.8 Å². The Morgan fingerprint density at radius 2 is 1.52 bits per heavy atom. The lowest BCUT2D eigenvalue weighted by Crippen LogP contribution is -2.38. The quantitative estimate of drug-likeness (QED) is 0.699. The number of aryl methyl sites for hydroxylation is 2. The first-order valence-corrected chi connectivity index (χ1v) is 9.10. The summed E-state index contributed by atoms with van der Waals surface area (Å²) in [5.74, 6) is -0.181. The van der Waals surface area contributed by atoms with Gasteiger partial charge >= 0.3 is 0 Å². The van der Waals surface area contributed by atoms with Crippen LogP contribution in [0.1, 0.15) is 34.0 Å². The van der Waals surface area contributed by atoms with Gasteiger partial charge in [-0.3, -0.25) is 4.79 Å². The molecule has 0 spiro atoms. The topological polar surface area (TPSA) is 49.3 Å². The maximum atomic E-state index is 12.4. The summed E-state index contributed by atoms with van der Waals surface area (Å²) in [6.45, 7) is 5.85.